The van der Waals surface area contributed by atoms with Crippen molar-refractivity contribution in [3.63, 3.8) is 0 Å². The second-order valence-corrected chi connectivity index (χ2v) is 12.4. The van der Waals surface area contributed by atoms with Gasteiger partial charge in [-0.2, -0.15) is 0 Å². The minimum Gasteiger partial charge on any atom is -0.393 e. The summed E-state index contributed by atoms with van der Waals surface area (Å²) in [7, 11) is 0. The van der Waals surface area contributed by atoms with Gasteiger partial charge < -0.3 is 9.84 Å². The number of hydrogen-bond acceptors (Lipinski definition) is 3. The van der Waals surface area contributed by atoms with Gasteiger partial charge in [0.2, 0.25) is 0 Å². The molecule has 1 saturated heterocycles. The molecule has 1 heterocycles. The van der Waals surface area contributed by atoms with E-state index >= 15 is 0 Å². The minimum atomic E-state index is -0.369. The van der Waals surface area contributed by atoms with Gasteiger partial charge in [-0.05, 0) is 67.6 Å². The fourth-order valence-corrected chi connectivity index (χ4v) is 8.63. The highest BCUT2D eigenvalue weighted by Crippen LogP contribution is 2.71. The van der Waals surface area contributed by atoms with E-state index in [1.807, 2.05) is 0 Å². The minimum absolute atomic E-state index is 0.0233. The van der Waals surface area contributed by atoms with Crippen LogP contribution in [0.25, 0.3) is 0 Å². The molecule has 3 saturated carbocycles. The van der Waals surface area contributed by atoms with Gasteiger partial charge in [-0.1, -0.05) is 59.5 Å². The van der Waals surface area contributed by atoms with Gasteiger partial charge in [0.15, 0.2) is 11.9 Å². The summed E-state index contributed by atoms with van der Waals surface area (Å²) in [6.07, 6.45) is 10.6. The number of hydrogen-bond donors (Lipinski definition) is 1. The molecule has 5 rings (SSSR count). The second kappa shape index (κ2) is 6.91. The predicted octanol–water partition coefficient (Wildman–Crippen LogP) is 5.84. The molecule has 168 valence electrons. The topological polar surface area (TPSA) is 49.8 Å². The molecule has 1 spiro atoms. The fourth-order valence-electron chi connectivity index (χ4n) is 8.63. The number of aliphatic hydroxyl groups is 1. The van der Waals surface area contributed by atoms with Gasteiger partial charge in [-0.25, -0.2) is 0 Å². The molecule has 4 aliphatic carbocycles. The van der Waals surface area contributed by atoms with Crippen LogP contribution in [0, 0.1) is 34.5 Å². The molecule has 8 atom stereocenters. The van der Waals surface area contributed by atoms with Crippen molar-refractivity contribution in [2.45, 2.75) is 117 Å². The summed E-state index contributed by atoms with van der Waals surface area (Å²) in [6.45, 7) is 12.0. The number of fused-ring (bicyclic) bond motifs is 3. The molecular formula is C27H42O3. The smallest absolute Gasteiger partial charge is 0.190 e. The van der Waals surface area contributed by atoms with Crippen molar-refractivity contribution in [1.29, 1.82) is 0 Å². The first-order valence-corrected chi connectivity index (χ1v) is 12.8. The van der Waals surface area contributed by atoms with Gasteiger partial charge in [-0.3, -0.25) is 4.79 Å². The van der Waals surface area contributed by atoms with Crippen LogP contribution < -0.4 is 0 Å². The third-order valence-corrected chi connectivity index (χ3v) is 10.4. The molecule has 30 heavy (non-hydrogen) atoms. The van der Waals surface area contributed by atoms with Crippen LogP contribution in [0.4, 0.5) is 0 Å². The Bertz CT molecular complexity index is 768. The molecule has 0 aromatic heterocycles. The highest BCUT2D eigenvalue weighted by Gasteiger charge is 2.77. The molecular weight excluding hydrogens is 372 g/mol. The van der Waals surface area contributed by atoms with E-state index in [9.17, 15) is 9.90 Å². The van der Waals surface area contributed by atoms with Crippen LogP contribution in [0.15, 0.2) is 11.1 Å². The summed E-state index contributed by atoms with van der Waals surface area (Å²) < 4.78 is 6.23. The zero-order chi connectivity index (χ0) is 21.5. The maximum atomic E-state index is 13.6. The number of aliphatic hydroxyl groups excluding tert-OH is 1. The summed E-state index contributed by atoms with van der Waals surface area (Å²) in [4.78, 5) is 13.6. The van der Waals surface area contributed by atoms with E-state index in [-0.39, 0.29) is 28.6 Å². The Morgan fingerprint density at radius 2 is 1.87 bits per heavy atom. The van der Waals surface area contributed by atoms with Crippen molar-refractivity contribution >= 4 is 5.78 Å². The van der Waals surface area contributed by atoms with Crippen molar-refractivity contribution in [3.05, 3.63) is 11.1 Å². The number of ketones is 1. The van der Waals surface area contributed by atoms with Gasteiger partial charge in [-0.15, -0.1) is 0 Å². The molecule has 0 bridgehead atoms. The van der Waals surface area contributed by atoms with Crippen LogP contribution in [0.3, 0.4) is 0 Å². The number of ether oxygens (including phenoxy) is 1. The Balaban J connectivity index is 1.45. The molecule has 3 heteroatoms. The van der Waals surface area contributed by atoms with Crippen LogP contribution in [0.5, 0.6) is 0 Å². The molecule has 0 amide bonds. The molecule has 8 unspecified atom stereocenters. The van der Waals surface area contributed by atoms with Gasteiger partial charge >= 0.3 is 0 Å². The number of allylic oxidation sites excluding steroid dienone is 1. The average Bonchev–Trinajstić information content (AvgIpc) is 3.29. The first-order chi connectivity index (χ1) is 14.1. The highest BCUT2D eigenvalue weighted by atomic mass is 16.6. The molecule has 1 N–H and O–H groups in total. The fraction of sp³-hybridized carbons (Fsp3) is 0.889. The molecule has 0 aromatic rings. The summed E-state index contributed by atoms with van der Waals surface area (Å²) >= 11 is 0. The van der Waals surface area contributed by atoms with Crippen molar-refractivity contribution in [2.24, 2.45) is 34.5 Å². The Hall–Kier alpha value is -0.670. The van der Waals surface area contributed by atoms with E-state index in [0.29, 0.717) is 24.0 Å². The Kier molecular flexibility index (Phi) is 4.88. The molecule has 5 aliphatic rings. The summed E-state index contributed by atoms with van der Waals surface area (Å²) in [5.74, 6) is 2.88. The third kappa shape index (κ3) is 2.73. The Labute approximate surface area is 183 Å². The maximum absolute atomic E-state index is 13.6. The third-order valence-electron chi connectivity index (χ3n) is 10.4. The lowest BCUT2D eigenvalue weighted by molar-refractivity contribution is -0.121. The van der Waals surface area contributed by atoms with E-state index < -0.39 is 0 Å². The first kappa shape index (κ1) is 21.2. The highest BCUT2D eigenvalue weighted by molar-refractivity contribution is 6.04. The SMILES string of the molecule is CC(C)CCCC(C)C1CCC2=C3C(=O)C4OC45CC(O)CCC5(C)C3CCC21C. The largest absolute Gasteiger partial charge is 0.393 e. The quantitative estimate of drug-likeness (QED) is 0.575. The van der Waals surface area contributed by atoms with E-state index in [1.165, 1.54) is 43.3 Å². The van der Waals surface area contributed by atoms with Crippen LogP contribution in [-0.4, -0.2) is 28.7 Å². The van der Waals surface area contributed by atoms with Crippen LogP contribution in [0.1, 0.15) is 98.8 Å². The summed E-state index contributed by atoms with van der Waals surface area (Å²) in [5.41, 5.74) is 2.57. The zero-order valence-electron chi connectivity index (χ0n) is 19.8. The van der Waals surface area contributed by atoms with E-state index in [2.05, 4.69) is 34.6 Å². The summed E-state index contributed by atoms with van der Waals surface area (Å²) in [5, 5.41) is 10.3. The number of carbonyl (C=O) groups is 1. The molecule has 0 aromatic carbocycles. The molecule has 4 fully saturated rings. The van der Waals surface area contributed by atoms with Crippen molar-refractivity contribution in [3.8, 4) is 0 Å². The molecule has 1 aliphatic heterocycles. The summed E-state index contributed by atoms with van der Waals surface area (Å²) in [6, 6.07) is 0. The zero-order valence-corrected chi connectivity index (χ0v) is 19.8. The molecule has 3 nitrogen and oxygen atoms in total. The monoisotopic (exact) mass is 414 g/mol. The second-order valence-electron chi connectivity index (χ2n) is 12.4. The lowest BCUT2D eigenvalue weighted by Gasteiger charge is -2.54. The van der Waals surface area contributed by atoms with Gasteiger partial charge in [0.05, 0.1) is 6.10 Å². The lowest BCUT2D eigenvalue weighted by atomic mass is 9.48. The first-order valence-electron chi connectivity index (χ1n) is 12.8. The van der Waals surface area contributed by atoms with Crippen LogP contribution in [0.2, 0.25) is 0 Å². The van der Waals surface area contributed by atoms with E-state index in [1.54, 1.807) is 0 Å². The normalized spacial score (nSPS) is 48.2. The number of carbonyl (C=O) groups excluding carboxylic acids is 1. The van der Waals surface area contributed by atoms with Gasteiger partial charge in [0.1, 0.15) is 5.60 Å². The predicted molar refractivity (Wildman–Crippen MR) is 119 cm³/mol. The Morgan fingerprint density at radius 1 is 1.10 bits per heavy atom. The van der Waals surface area contributed by atoms with Gasteiger partial charge in [0, 0.05) is 17.4 Å². The van der Waals surface area contributed by atoms with Crippen LogP contribution >= 0.6 is 0 Å². The van der Waals surface area contributed by atoms with Crippen molar-refractivity contribution < 1.29 is 14.6 Å². The number of Topliss-reactive ketones (excluding diaryl/α,β-unsaturated/α-hetero) is 1. The standard InChI is InChI=1S/C27H42O3/c1-16(2)7-6-8-17(3)19-9-10-20-22-21(12-13-25(19,20)4)26(5)14-11-18(28)15-27(26)24(30-27)23(22)29/h16-19,21,24,28H,6-15H2,1-5H3. The molecule has 0 radical (unpaired) electrons. The van der Waals surface area contributed by atoms with E-state index in [4.69, 9.17) is 4.74 Å². The van der Waals surface area contributed by atoms with Crippen molar-refractivity contribution in [2.75, 3.05) is 0 Å². The number of rotatable bonds is 5. The Morgan fingerprint density at radius 3 is 2.60 bits per heavy atom. The average molecular weight is 415 g/mol. The number of epoxide rings is 1. The van der Waals surface area contributed by atoms with Gasteiger partial charge in [0.25, 0.3) is 0 Å². The van der Waals surface area contributed by atoms with E-state index in [0.717, 1.165) is 37.5 Å². The van der Waals surface area contributed by atoms with Crippen molar-refractivity contribution in [1.82, 2.24) is 0 Å². The maximum Gasteiger partial charge on any atom is 0.190 e. The lowest BCUT2D eigenvalue weighted by Crippen LogP contribution is -2.56. The van der Waals surface area contributed by atoms with Crippen LogP contribution in [-0.2, 0) is 9.53 Å².